The van der Waals surface area contributed by atoms with Crippen molar-refractivity contribution in [1.29, 1.82) is 0 Å². The largest absolute Gasteiger partial charge is 0.494 e. The van der Waals surface area contributed by atoms with Gasteiger partial charge in [0.25, 0.3) is 11.8 Å². The van der Waals surface area contributed by atoms with Crippen LogP contribution in [0.2, 0.25) is 0 Å². The van der Waals surface area contributed by atoms with Crippen LogP contribution in [0.3, 0.4) is 0 Å². The second kappa shape index (κ2) is 8.91. The predicted octanol–water partition coefficient (Wildman–Crippen LogP) is 2.22. The molecule has 0 saturated carbocycles. The van der Waals surface area contributed by atoms with Gasteiger partial charge in [-0.2, -0.15) is 0 Å². The van der Waals surface area contributed by atoms with Crippen LogP contribution in [-0.2, 0) is 14.4 Å². The molecule has 0 bridgehead atoms. The van der Waals surface area contributed by atoms with E-state index in [0.717, 1.165) is 4.90 Å². The van der Waals surface area contributed by atoms with E-state index in [-0.39, 0.29) is 17.0 Å². The van der Waals surface area contributed by atoms with Gasteiger partial charge in [-0.05, 0) is 43.3 Å². The van der Waals surface area contributed by atoms with Crippen molar-refractivity contribution in [3.63, 3.8) is 0 Å². The third kappa shape index (κ3) is 4.46. The van der Waals surface area contributed by atoms with Gasteiger partial charge in [0.1, 0.15) is 17.1 Å². The van der Waals surface area contributed by atoms with Gasteiger partial charge in [-0.3, -0.25) is 14.9 Å². The summed E-state index contributed by atoms with van der Waals surface area (Å²) in [6.07, 6.45) is 1.25. The number of urea groups is 1. The topological polar surface area (TPSA) is 122 Å². The molecule has 2 aromatic rings. The normalized spacial score (nSPS) is 15.2. The maximum absolute atomic E-state index is 12.9. The molecule has 1 heterocycles. The smallest absolute Gasteiger partial charge is 0.341 e. The molecule has 1 aliphatic rings. The first-order chi connectivity index (χ1) is 14.4. The van der Waals surface area contributed by atoms with Gasteiger partial charge in [0.15, 0.2) is 6.61 Å². The summed E-state index contributed by atoms with van der Waals surface area (Å²) in [7, 11) is 0. The first-order valence-electron chi connectivity index (χ1n) is 8.98. The van der Waals surface area contributed by atoms with Crippen LogP contribution in [-0.4, -0.2) is 42.1 Å². The molecule has 30 heavy (non-hydrogen) atoms. The summed E-state index contributed by atoms with van der Waals surface area (Å²) in [6.45, 7) is 1.71. The molecule has 0 spiro atoms. The second-order valence-electron chi connectivity index (χ2n) is 6.11. The van der Waals surface area contributed by atoms with Gasteiger partial charge < -0.3 is 14.6 Å². The number of hydrogen-bond donors (Lipinski definition) is 2. The molecule has 9 heteroatoms. The number of nitrogens with zero attached hydrogens (tertiary/aromatic N) is 1. The van der Waals surface area contributed by atoms with Crippen molar-refractivity contribution in [1.82, 2.24) is 5.32 Å². The number of amides is 4. The van der Waals surface area contributed by atoms with Crippen LogP contribution < -0.4 is 19.7 Å². The Bertz CT molecular complexity index is 1030. The molecule has 4 amide bonds. The fraction of sp³-hybridized carbons (Fsp3) is 0.143. The number of para-hydroxylation sites is 1. The van der Waals surface area contributed by atoms with E-state index in [1.165, 1.54) is 24.3 Å². The van der Waals surface area contributed by atoms with Crippen LogP contribution in [0.25, 0.3) is 6.08 Å². The Kier molecular flexibility index (Phi) is 6.11. The van der Waals surface area contributed by atoms with Crippen LogP contribution in [0.5, 0.6) is 11.5 Å². The molecule has 0 unspecified atom stereocenters. The molecular weight excluding hydrogens is 392 g/mol. The number of nitrogens with one attached hydrogen (secondary N) is 1. The number of carboxylic acid groups (broad SMARTS) is 1. The molecule has 0 aliphatic carbocycles. The Morgan fingerprint density at radius 2 is 1.77 bits per heavy atom. The Balaban J connectivity index is 1.94. The molecule has 9 nitrogen and oxygen atoms in total. The Hall–Kier alpha value is -4.14. The van der Waals surface area contributed by atoms with Gasteiger partial charge in [-0.25, -0.2) is 14.5 Å². The summed E-state index contributed by atoms with van der Waals surface area (Å²) < 4.78 is 10.5. The van der Waals surface area contributed by atoms with E-state index in [2.05, 4.69) is 5.32 Å². The Morgan fingerprint density at radius 1 is 1.07 bits per heavy atom. The molecular formula is C21H18N2O7. The summed E-state index contributed by atoms with van der Waals surface area (Å²) in [5.74, 6) is -2.10. The lowest BCUT2D eigenvalue weighted by atomic mass is 10.1. The highest BCUT2D eigenvalue weighted by molar-refractivity contribution is 6.39. The lowest BCUT2D eigenvalue weighted by Crippen LogP contribution is -2.54. The van der Waals surface area contributed by atoms with E-state index in [1.807, 2.05) is 6.92 Å². The summed E-state index contributed by atoms with van der Waals surface area (Å²) in [5.41, 5.74) is 0.280. The SMILES string of the molecule is CCOc1ccc(N2C(=O)NC(=O)/C(=C\c3ccccc3OCC(=O)O)C2=O)cc1. The lowest BCUT2D eigenvalue weighted by Gasteiger charge is -2.26. The highest BCUT2D eigenvalue weighted by Crippen LogP contribution is 2.26. The minimum Gasteiger partial charge on any atom is -0.494 e. The minimum atomic E-state index is -1.17. The van der Waals surface area contributed by atoms with Crippen LogP contribution in [0.15, 0.2) is 54.1 Å². The molecule has 0 atom stereocenters. The van der Waals surface area contributed by atoms with Crippen molar-refractivity contribution in [2.45, 2.75) is 6.92 Å². The number of ether oxygens (including phenoxy) is 2. The van der Waals surface area contributed by atoms with Crippen molar-refractivity contribution in [3.05, 3.63) is 59.7 Å². The average Bonchev–Trinajstić information content (AvgIpc) is 2.71. The summed E-state index contributed by atoms with van der Waals surface area (Å²) >= 11 is 0. The van der Waals surface area contributed by atoms with Crippen LogP contribution in [0, 0.1) is 0 Å². The number of carboxylic acids is 1. The van der Waals surface area contributed by atoms with E-state index >= 15 is 0 Å². The summed E-state index contributed by atoms with van der Waals surface area (Å²) in [5, 5.41) is 10.9. The van der Waals surface area contributed by atoms with Crippen LogP contribution in [0.1, 0.15) is 12.5 Å². The quantitative estimate of drug-likeness (QED) is 0.530. The number of imide groups is 2. The molecule has 0 aromatic heterocycles. The summed E-state index contributed by atoms with van der Waals surface area (Å²) in [4.78, 5) is 49.2. The van der Waals surface area contributed by atoms with E-state index in [9.17, 15) is 19.2 Å². The second-order valence-corrected chi connectivity index (χ2v) is 6.11. The van der Waals surface area contributed by atoms with Crippen molar-refractivity contribution in [3.8, 4) is 11.5 Å². The maximum atomic E-state index is 12.9. The molecule has 1 aliphatic heterocycles. The molecule has 0 radical (unpaired) electrons. The van der Waals surface area contributed by atoms with Crippen molar-refractivity contribution >= 4 is 35.6 Å². The number of benzene rings is 2. The van der Waals surface area contributed by atoms with Crippen LogP contribution >= 0.6 is 0 Å². The number of anilines is 1. The third-order valence-corrected chi connectivity index (χ3v) is 4.08. The van der Waals surface area contributed by atoms with Gasteiger partial charge >= 0.3 is 12.0 Å². The average molecular weight is 410 g/mol. The minimum absolute atomic E-state index is 0.178. The first-order valence-corrected chi connectivity index (χ1v) is 8.98. The molecule has 2 aromatic carbocycles. The molecule has 1 fully saturated rings. The van der Waals surface area contributed by atoms with E-state index in [0.29, 0.717) is 17.9 Å². The van der Waals surface area contributed by atoms with Gasteiger partial charge in [0.2, 0.25) is 0 Å². The van der Waals surface area contributed by atoms with Crippen molar-refractivity contribution in [2.75, 3.05) is 18.1 Å². The molecule has 154 valence electrons. The number of carbonyl (C=O) groups is 4. The maximum Gasteiger partial charge on any atom is 0.341 e. The fourth-order valence-corrected chi connectivity index (χ4v) is 2.78. The molecule has 1 saturated heterocycles. The predicted molar refractivity (Wildman–Crippen MR) is 106 cm³/mol. The van der Waals surface area contributed by atoms with E-state index in [4.69, 9.17) is 14.6 Å². The van der Waals surface area contributed by atoms with Crippen LogP contribution in [0.4, 0.5) is 10.5 Å². The highest BCUT2D eigenvalue weighted by atomic mass is 16.5. The standard InChI is InChI=1S/C21H18N2O7/c1-2-29-15-9-7-14(8-10-15)23-20(27)16(19(26)22-21(23)28)11-13-5-3-4-6-17(13)30-12-18(24)25/h3-11H,2,12H2,1H3,(H,24,25)(H,22,26,28)/b16-11+. The van der Waals surface area contributed by atoms with E-state index < -0.39 is 30.4 Å². The zero-order valence-corrected chi connectivity index (χ0v) is 16.0. The molecule has 2 N–H and O–H groups in total. The third-order valence-electron chi connectivity index (χ3n) is 4.08. The fourth-order valence-electron chi connectivity index (χ4n) is 2.78. The van der Waals surface area contributed by atoms with Gasteiger partial charge in [-0.1, -0.05) is 18.2 Å². The number of hydrogen-bond acceptors (Lipinski definition) is 6. The molecule has 3 rings (SSSR count). The van der Waals surface area contributed by atoms with E-state index in [1.54, 1.807) is 30.3 Å². The lowest BCUT2D eigenvalue weighted by molar-refractivity contribution is -0.139. The number of rotatable bonds is 7. The number of carbonyl (C=O) groups excluding carboxylic acids is 3. The summed E-state index contributed by atoms with van der Waals surface area (Å²) in [6, 6.07) is 11.7. The highest BCUT2D eigenvalue weighted by Gasteiger charge is 2.37. The van der Waals surface area contributed by atoms with Gasteiger partial charge in [0, 0.05) is 5.56 Å². The Morgan fingerprint density at radius 3 is 2.43 bits per heavy atom. The zero-order chi connectivity index (χ0) is 21.7. The zero-order valence-electron chi connectivity index (χ0n) is 16.0. The monoisotopic (exact) mass is 410 g/mol. The van der Waals surface area contributed by atoms with Crippen molar-refractivity contribution < 1.29 is 33.8 Å². The first kappa shape index (κ1) is 20.6. The van der Waals surface area contributed by atoms with Gasteiger partial charge in [0.05, 0.1) is 12.3 Å². The van der Waals surface area contributed by atoms with Gasteiger partial charge in [-0.15, -0.1) is 0 Å². The Labute approximate surface area is 171 Å². The van der Waals surface area contributed by atoms with Crippen molar-refractivity contribution in [2.24, 2.45) is 0 Å². The number of aliphatic carboxylic acids is 1. The number of barbiturate groups is 1.